The van der Waals surface area contributed by atoms with Crippen LogP contribution in [0.15, 0.2) is 48.5 Å². The summed E-state index contributed by atoms with van der Waals surface area (Å²) in [5, 5.41) is 11.3. The molecule has 1 saturated carbocycles. The average Bonchev–Trinajstić information content (AvgIpc) is 3.10. The molecule has 2 atom stereocenters. The van der Waals surface area contributed by atoms with E-state index in [1.54, 1.807) is 0 Å². The monoisotopic (exact) mass is 403 g/mol. The molecular weight excluding hydrogens is 378 g/mol. The fourth-order valence-corrected chi connectivity index (χ4v) is 4.79. The Labute approximate surface area is 176 Å². The maximum atomic E-state index is 13.0. The largest absolute Gasteiger partial charge is 0.464 e. The highest BCUT2D eigenvalue weighted by atomic mass is 16.5. The van der Waals surface area contributed by atoms with Gasteiger partial charge in [-0.25, -0.2) is 0 Å². The first kappa shape index (κ1) is 20.1. The summed E-state index contributed by atoms with van der Waals surface area (Å²) < 4.78 is 5.77. The van der Waals surface area contributed by atoms with E-state index in [-0.39, 0.29) is 19.1 Å². The zero-order valence-corrected chi connectivity index (χ0v) is 16.8. The van der Waals surface area contributed by atoms with Gasteiger partial charge in [-0.15, -0.1) is 0 Å². The van der Waals surface area contributed by atoms with Crippen molar-refractivity contribution in [2.24, 2.45) is 11.7 Å². The number of rotatable bonds is 5. The van der Waals surface area contributed by atoms with Gasteiger partial charge in [0.15, 0.2) is 0 Å². The first-order chi connectivity index (χ1) is 14.6. The molecule has 0 heterocycles. The second-order valence-corrected chi connectivity index (χ2v) is 8.04. The van der Waals surface area contributed by atoms with Gasteiger partial charge in [-0.2, -0.15) is 5.26 Å². The quantitative estimate of drug-likeness (QED) is 0.590. The number of nitrogens with two attached hydrogens (primary N) is 1. The summed E-state index contributed by atoms with van der Waals surface area (Å²) in [5.41, 5.74) is 9.67. The predicted molar refractivity (Wildman–Crippen MR) is 112 cm³/mol. The summed E-state index contributed by atoms with van der Waals surface area (Å²) in [4.78, 5) is 25.6. The van der Waals surface area contributed by atoms with Gasteiger partial charge >= 0.3 is 5.97 Å². The molecule has 6 nitrogen and oxygen atoms in total. The number of amides is 1. The Kier molecular flexibility index (Phi) is 5.56. The van der Waals surface area contributed by atoms with Gasteiger partial charge in [0.2, 0.25) is 5.91 Å². The van der Waals surface area contributed by atoms with Crippen molar-refractivity contribution in [2.45, 2.75) is 37.1 Å². The minimum absolute atomic E-state index is 0.0375. The summed E-state index contributed by atoms with van der Waals surface area (Å²) >= 11 is 0. The van der Waals surface area contributed by atoms with E-state index in [1.807, 2.05) is 30.3 Å². The number of carbonyl (C=O) groups excluding carboxylic acids is 2. The summed E-state index contributed by atoms with van der Waals surface area (Å²) in [6.45, 7) is 0.0778. The van der Waals surface area contributed by atoms with Crippen LogP contribution < -0.4 is 11.1 Å². The molecule has 0 aromatic heterocycles. The molecule has 2 aliphatic rings. The number of nitrogens with zero attached hydrogens (tertiary/aromatic N) is 1. The molecule has 0 spiro atoms. The molecule has 30 heavy (non-hydrogen) atoms. The molecular formula is C24H25N3O3. The third kappa shape index (κ3) is 3.46. The van der Waals surface area contributed by atoms with Gasteiger partial charge < -0.3 is 15.8 Å². The topological polar surface area (TPSA) is 105 Å². The maximum Gasteiger partial charge on any atom is 0.311 e. The first-order valence-electron chi connectivity index (χ1n) is 10.3. The molecule has 1 amide bonds. The molecule has 2 aromatic carbocycles. The number of fused-ring (bicyclic) bond motifs is 3. The lowest BCUT2D eigenvalue weighted by molar-refractivity contribution is -0.156. The molecule has 2 aliphatic carbocycles. The second kappa shape index (κ2) is 8.29. The fourth-order valence-electron chi connectivity index (χ4n) is 4.79. The van der Waals surface area contributed by atoms with E-state index in [0.717, 1.165) is 35.1 Å². The molecule has 0 bridgehead atoms. The lowest BCUT2D eigenvalue weighted by atomic mass is 9.72. The molecule has 4 rings (SSSR count). The number of hydrogen-bond acceptors (Lipinski definition) is 5. The van der Waals surface area contributed by atoms with Gasteiger partial charge in [0.05, 0.1) is 12.0 Å². The minimum Gasteiger partial charge on any atom is -0.464 e. The van der Waals surface area contributed by atoms with Crippen LogP contribution >= 0.6 is 0 Å². The fraction of sp³-hybridized carbons (Fsp3) is 0.375. The Hall–Kier alpha value is -3.17. The normalized spacial score (nSPS) is 22.5. The second-order valence-electron chi connectivity index (χ2n) is 8.04. The van der Waals surface area contributed by atoms with Crippen molar-refractivity contribution in [3.63, 3.8) is 0 Å². The Morgan fingerprint density at radius 2 is 1.73 bits per heavy atom. The number of esters is 1. The van der Waals surface area contributed by atoms with E-state index < -0.39 is 23.3 Å². The van der Waals surface area contributed by atoms with E-state index in [2.05, 4.69) is 29.6 Å². The first-order valence-corrected chi connectivity index (χ1v) is 10.3. The highest BCUT2D eigenvalue weighted by Crippen LogP contribution is 2.44. The van der Waals surface area contributed by atoms with Gasteiger partial charge in [-0.05, 0) is 35.1 Å². The molecule has 2 unspecified atom stereocenters. The predicted octanol–water partition coefficient (Wildman–Crippen LogP) is 2.87. The van der Waals surface area contributed by atoms with Gasteiger partial charge in [-0.3, -0.25) is 9.59 Å². The molecule has 0 saturated heterocycles. The summed E-state index contributed by atoms with van der Waals surface area (Å²) in [6, 6.07) is 18.2. The Bertz CT molecular complexity index is 967. The molecule has 154 valence electrons. The van der Waals surface area contributed by atoms with Crippen molar-refractivity contribution in [3.05, 3.63) is 59.7 Å². The van der Waals surface area contributed by atoms with E-state index in [9.17, 15) is 9.59 Å². The van der Waals surface area contributed by atoms with E-state index in [0.29, 0.717) is 12.8 Å². The Morgan fingerprint density at radius 3 is 2.37 bits per heavy atom. The molecule has 0 radical (unpaired) electrons. The molecule has 6 heteroatoms. The minimum atomic E-state index is -1.34. The summed E-state index contributed by atoms with van der Waals surface area (Å²) in [5.74, 6) is -1.64. The highest BCUT2D eigenvalue weighted by molar-refractivity contribution is 5.92. The molecule has 2 aromatic rings. The van der Waals surface area contributed by atoms with Gasteiger partial charge in [0, 0.05) is 5.92 Å². The van der Waals surface area contributed by atoms with Crippen molar-refractivity contribution in [2.75, 3.05) is 13.2 Å². The van der Waals surface area contributed by atoms with Crippen molar-refractivity contribution < 1.29 is 14.3 Å². The number of nitriles is 1. The number of benzene rings is 2. The standard InChI is InChI=1S/C24H25N3O3/c25-13-14-27-23(29)24(26)12-6-5-11-21(24)22(28)30-15-20-18-9-3-1-7-16(18)17-8-2-4-10-19(17)20/h1-4,7-10,20-21H,5-6,11-12,14-15,26H2,(H,27,29). The molecule has 0 aliphatic heterocycles. The van der Waals surface area contributed by atoms with Crippen LogP contribution in [0.4, 0.5) is 0 Å². The smallest absolute Gasteiger partial charge is 0.311 e. The van der Waals surface area contributed by atoms with Crippen LogP contribution in [0.3, 0.4) is 0 Å². The summed E-state index contributed by atoms with van der Waals surface area (Å²) in [7, 11) is 0. The SMILES string of the molecule is N#CCNC(=O)C1(N)CCCCC1C(=O)OCC1c2ccccc2-c2ccccc21. The van der Waals surface area contributed by atoms with E-state index >= 15 is 0 Å². The van der Waals surface area contributed by atoms with Crippen LogP contribution in [-0.2, 0) is 14.3 Å². The number of hydrogen-bond donors (Lipinski definition) is 2. The average molecular weight is 403 g/mol. The highest BCUT2D eigenvalue weighted by Gasteiger charge is 2.48. The van der Waals surface area contributed by atoms with Gasteiger partial charge in [-0.1, -0.05) is 61.4 Å². The van der Waals surface area contributed by atoms with Crippen LogP contribution in [0.2, 0.25) is 0 Å². The van der Waals surface area contributed by atoms with Crippen LogP contribution in [0, 0.1) is 17.2 Å². The van der Waals surface area contributed by atoms with Crippen LogP contribution in [0.5, 0.6) is 0 Å². The van der Waals surface area contributed by atoms with E-state index in [1.165, 1.54) is 0 Å². The zero-order chi connectivity index (χ0) is 21.1. The van der Waals surface area contributed by atoms with Gasteiger partial charge in [0.25, 0.3) is 0 Å². The van der Waals surface area contributed by atoms with Crippen LogP contribution in [0.1, 0.15) is 42.7 Å². The van der Waals surface area contributed by atoms with Crippen molar-refractivity contribution in [3.8, 4) is 17.2 Å². The lowest BCUT2D eigenvalue weighted by Gasteiger charge is -2.38. The Balaban J connectivity index is 1.52. The zero-order valence-electron chi connectivity index (χ0n) is 16.8. The van der Waals surface area contributed by atoms with Crippen molar-refractivity contribution in [1.29, 1.82) is 5.26 Å². The lowest BCUT2D eigenvalue weighted by Crippen LogP contribution is -2.62. The third-order valence-corrected chi connectivity index (χ3v) is 6.35. The third-order valence-electron chi connectivity index (χ3n) is 6.35. The molecule has 1 fully saturated rings. The Morgan fingerprint density at radius 1 is 1.10 bits per heavy atom. The van der Waals surface area contributed by atoms with Crippen molar-refractivity contribution in [1.82, 2.24) is 5.32 Å². The summed E-state index contributed by atoms with van der Waals surface area (Å²) in [6.07, 6.45) is 2.50. The van der Waals surface area contributed by atoms with Gasteiger partial charge in [0.1, 0.15) is 18.7 Å². The van der Waals surface area contributed by atoms with Crippen LogP contribution in [0.25, 0.3) is 11.1 Å². The number of carbonyl (C=O) groups is 2. The van der Waals surface area contributed by atoms with Crippen molar-refractivity contribution >= 4 is 11.9 Å². The molecule has 3 N–H and O–H groups in total. The van der Waals surface area contributed by atoms with E-state index in [4.69, 9.17) is 15.7 Å². The maximum absolute atomic E-state index is 13.0. The number of nitrogens with one attached hydrogen (secondary N) is 1. The number of ether oxygens (including phenoxy) is 1. The van der Waals surface area contributed by atoms with Crippen LogP contribution in [-0.4, -0.2) is 30.6 Å².